The van der Waals surface area contributed by atoms with Crippen LogP contribution in [0.25, 0.3) is 0 Å². The molecule has 1 unspecified atom stereocenters. The smallest absolute Gasteiger partial charge is 0.119 e. The molecule has 0 saturated heterocycles. The predicted octanol–water partition coefficient (Wildman–Crippen LogP) is 7.94. The summed E-state index contributed by atoms with van der Waals surface area (Å²) in [5, 5.41) is 0.832. The number of methoxy groups -OCH3 is 1. The topological polar surface area (TPSA) is 18.5 Å². The Morgan fingerprint density at radius 2 is 1.74 bits per heavy atom. The average molecular weight is 445 g/mol. The van der Waals surface area contributed by atoms with Crippen molar-refractivity contribution in [1.29, 1.82) is 0 Å². The molecule has 2 aromatic rings. The lowest BCUT2D eigenvalue weighted by Gasteiger charge is -2.30. The normalized spacial score (nSPS) is 22.7. The number of halogens is 2. The average Bonchev–Trinajstić information content (AvgIpc) is 3.57. The Morgan fingerprint density at radius 3 is 2.39 bits per heavy atom. The fourth-order valence-corrected chi connectivity index (χ4v) is 5.54. The molecule has 0 spiro atoms. The molecule has 168 valence electrons. The fourth-order valence-electron chi connectivity index (χ4n) is 5.27. The third-order valence-corrected chi connectivity index (χ3v) is 7.37. The minimum atomic E-state index is -1.21. The number of benzene rings is 2. The highest BCUT2D eigenvalue weighted by atomic mass is 35.5. The maximum atomic E-state index is 14.8. The van der Waals surface area contributed by atoms with Gasteiger partial charge in [-0.15, -0.1) is 0 Å². The molecule has 4 rings (SSSR count). The Labute approximate surface area is 191 Å². The third kappa shape index (κ3) is 5.55. The van der Waals surface area contributed by atoms with Gasteiger partial charge >= 0.3 is 0 Å². The largest absolute Gasteiger partial charge is 0.497 e. The molecule has 2 nitrogen and oxygen atoms in total. The van der Waals surface area contributed by atoms with Gasteiger partial charge in [-0.05, 0) is 112 Å². The van der Waals surface area contributed by atoms with Crippen molar-refractivity contribution >= 4 is 11.6 Å². The van der Waals surface area contributed by atoms with Crippen molar-refractivity contribution < 1.29 is 13.9 Å². The van der Waals surface area contributed by atoms with Crippen LogP contribution in [0, 0.1) is 11.8 Å². The standard InChI is InChI=1S/C27H34ClFO2/c1-27(2,29)26(20-11-12-20)21-5-4-6-23(15-21)31-17-18-7-9-19(10-8-18)24-16-22(30-3)13-14-25(24)28/h4-6,13-16,18-20,26H,7-12,17H2,1-3H3. The number of hydrogen-bond donors (Lipinski definition) is 0. The first-order valence-electron chi connectivity index (χ1n) is 11.6. The van der Waals surface area contributed by atoms with E-state index >= 15 is 0 Å². The van der Waals surface area contributed by atoms with Gasteiger partial charge in [-0.3, -0.25) is 0 Å². The van der Waals surface area contributed by atoms with E-state index in [2.05, 4.69) is 18.2 Å². The molecule has 0 heterocycles. The summed E-state index contributed by atoms with van der Waals surface area (Å²) in [6.07, 6.45) is 6.73. The van der Waals surface area contributed by atoms with Crippen molar-refractivity contribution in [1.82, 2.24) is 0 Å². The first-order valence-corrected chi connectivity index (χ1v) is 12.0. The molecular weight excluding hydrogens is 411 g/mol. The summed E-state index contributed by atoms with van der Waals surface area (Å²) in [7, 11) is 1.69. The summed E-state index contributed by atoms with van der Waals surface area (Å²) in [6, 6.07) is 14.1. The molecule has 0 aromatic heterocycles. The van der Waals surface area contributed by atoms with Gasteiger partial charge in [-0.2, -0.15) is 0 Å². The molecule has 1 atom stereocenters. The van der Waals surface area contributed by atoms with Crippen LogP contribution in [0.4, 0.5) is 4.39 Å². The second-order valence-electron chi connectivity index (χ2n) is 9.87. The van der Waals surface area contributed by atoms with E-state index in [1.807, 2.05) is 24.3 Å². The summed E-state index contributed by atoms with van der Waals surface area (Å²) >= 11 is 6.46. The fraction of sp³-hybridized carbons (Fsp3) is 0.556. The van der Waals surface area contributed by atoms with Crippen molar-refractivity contribution in [3.8, 4) is 11.5 Å². The summed E-state index contributed by atoms with van der Waals surface area (Å²) in [5.74, 6) is 3.18. The van der Waals surface area contributed by atoms with Gasteiger partial charge in [0.05, 0.1) is 13.7 Å². The van der Waals surface area contributed by atoms with Crippen molar-refractivity contribution in [2.75, 3.05) is 13.7 Å². The minimum absolute atomic E-state index is 0.0425. The van der Waals surface area contributed by atoms with Crippen LogP contribution in [0.2, 0.25) is 5.02 Å². The number of alkyl halides is 1. The molecule has 0 amide bonds. The molecule has 0 N–H and O–H groups in total. The van der Waals surface area contributed by atoms with E-state index in [4.69, 9.17) is 21.1 Å². The number of rotatable bonds is 8. The van der Waals surface area contributed by atoms with Gasteiger partial charge in [0.1, 0.15) is 17.2 Å². The Balaban J connectivity index is 1.33. The van der Waals surface area contributed by atoms with E-state index in [0.29, 0.717) is 17.8 Å². The molecular formula is C27H34ClFO2. The van der Waals surface area contributed by atoms with E-state index in [1.165, 1.54) is 5.56 Å². The summed E-state index contributed by atoms with van der Waals surface area (Å²) in [5.41, 5.74) is 1.07. The highest BCUT2D eigenvalue weighted by molar-refractivity contribution is 6.31. The maximum absolute atomic E-state index is 14.8. The Kier molecular flexibility index (Phi) is 6.81. The summed E-state index contributed by atoms with van der Waals surface area (Å²) in [4.78, 5) is 0. The molecule has 2 aromatic carbocycles. The Hall–Kier alpha value is -1.74. The van der Waals surface area contributed by atoms with Crippen molar-refractivity contribution in [2.24, 2.45) is 11.8 Å². The molecule has 2 aliphatic carbocycles. The van der Waals surface area contributed by atoms with Crippen LogP contribution in [0.1, 0.15) is 75.3 Å². The zero-order valence-electron chi connectivity index (χ0n) is 18.9. The van der Waals surface area contributed by atoms with Crippen LogP contribution in [-0.2, 0) is 0 Å². The molecule has 2 aliphatic rings. The van der Waals surface area contributed by atoms with Crippen LogP contribution in [-0.4, -0.2) is 19.4 Å². The van der Waals surface area contributed by atoms with E-state index in [-0.39, 0.29) is 5.92 Å². The Morgan fingerprint density at radius 1 is 1.00 bits per heavy atom. The molecule has 0 bridgehead atoms. The van der Waals surface area contributed by atoms with Crippen LogP contribution in [0.3, 0.4) is 0 Å². The number of ether oxygens (including phenoxy) is 2. The minimum Gasteiger partial charge on any atom is -0.497 e. The van der Waals surface area contributed by atoms with E-state index in [0.717, 1.165) is 67.2 Å². The first kappa shape index (κ1) is 22.5. The van der Waals surface area contributed by atoms with E-state index in [9.17, 15) is 4.39 Å². The van der Waals surface area contributed by atoms with E-state index < -0.39 is 5.67 Å². The van der Waals surface area contributed by atoms with Gasteiger partial charge in [0.25, 0.3) is 0 Å². The lowest BCUT2D eigenvalue weighted by Crippen LogP contribution is -2.25. The molecule has 0 aliphatic heterocycles. The molecule has 2 saturated carbocycles. The zero-order valence-corrected chi connectivity index (χ0v) is 19.6. The SMILES string of the molecule is COc1ccc(Cl)c(C2CCC(COc3cccc(C(C4CC4)C(C)(C)F)c3)CC2)c1. The van der Waals surface area contributed by atoms with Gasteiger partial charge in [0.15, 0.2) is 0 Å². The lowest BCUT2D eigenvalue weighted by molar-refractivity contribution is 0.157. The van der Waals surface area contributed by atoms with Crippen molar-refractivity contribution in [3.05, 3.63) is 58.6 Å². The van der Waals surface area contributed by atoms with Gasteiger partial charge in [-0.1, -0.05) is 23.7 Å². The van der Waals surface area contributed by atoms with Gasteiger partial charge in [0, 0.05) is 10.9 Å². The molecule has 0 radical (unpaired) electrons. The van der Waals surface area contributed by atoms with Gasteiger partial charge in [0.2, 0.25) is 0 Å². The summed E-state index contributed by atoms with van der Waals surface area (Å²) in [6.45, 7) is 4.13. The second-order valence-corrected chi connectivity index (χ2v) is 10.3. The maximum Gasteiger partial charge on any atom is 0.119 e. The summed E-state index contributed by atoms with van der Waals surface area (Å²) < 4.78 is 26.4. The van der Waals surface area contributed by atoms with Crippen LogP contribution in [0.5, 0.6) is 11.5 Å². The van der Waals surface area contributed by atoms with Gasteiger partial charge < -0.3 is 9.47 Å². The number of hydrogen-bond acceptors (Lipinski definition) is 2. The van der Waals surface area contributed by atoms with Crippen LogP contribution >= 0.6 is 11.6 Å². The lowest BCUT2D eigenvalue weighted by atomic mass is 9.79. The van der Waals surface area contributed by atoms with E-state index in [1.54, 1.807) is 21.0 Å². The van der Waals surface area contributed by atoms with Crippen LogP contribution < -0.4 is 9.47 Å². The molecule has 2 fully saturated rings. The third-order valence-electron chi connectivity index (χ3n) is 7.03. The van der Waals surface area contributed by atoms with Crippen molar-refractivity contribution in [3.63, 3.8) is 0 Å². The Bertz CT molecular complexity index is 879. The highest BCUT2D eigenvalue weighted by Gasteiger charge is 2.42. The first-order chi connectivity index (χ1) is 14.8. The zero-order chi connectivity index (χ0) is 22.0. The quantitative estimate of drug-likeness (QED) is 0.411. The van der Waals surface area contributed by atoms with Gasteiger partial charge in [-0.25, -0.2) is 4.39 Å². The van der Waals surface area contributed by atoms with Crippen LogP contribution in [0.15, 0.2) is 42.5 Å². The van der Waals surface area contributed by atoms with Crippen molar-refractivity contribution in [2.45, 2.75) is 69.9 Å². The predicted molar refractivity (Wildman–Crippen MR) is 125 cm³/mol. The second kappa shape index (κ2) is 9.40. The highest BCUT2D eigenvalue weighted by Crippen LogP contribution is 2.50. The monoisotopic (exact) mass is 444 g/mol. The molecule has 31 heavy (non-hydrogen) atoms. The molecule has 4 heteroatoms.